The molecule has 1 aliphatic rings. The molecule has 8 nitrogen and oxygen atoms in total. The fourth-order valence-corrected chi connectivity index (χ4v) is 3.56. The number of hydrogen-bond donors (Lipinski definition) is 2. The molecule has 0 saturated heterocycles. The number of pyridine rings is 1. The maximum Gasteiger partial charge on any atom is 0.416 e. The van der Waals surface area contributed by atoms with Gasteiger partial charge in [0.1, 0.15) is 5.82 Å². The number of halogens is 3. The molecule has 11 heteroatoms. The summed E-state index contributed by atoms with van der Waals surface area (Å²) in [6.45, 7) is 3.78. The van der Waals surface area contributed by atoms with Crippen LogP contribution in [0.5, 0.6) is 0 Å². The second kappa shape index (κ2) is 7.66. The Hall–Kier alpha value is -3.89. The van der Waals surface area contributed by atoms with Crippen molar-refractivity contribution in [2.75, 3.05) is 22.5 Å². The third kappa shape index (κ3) is 3.77. The number of carbonyl (C=O) groups is 2. The summed E-state index contributed by atoms with van der Waals surface area (Å²) in [6, 6.07) is 5.65. The molecule has 4 rings (SSSR count). The largest absolute Gasteiger partial charge is 0.416 e. The minimum Gasteiger partial charge on any atom is -0.383 e. The van der Waals surface area contributed by atoms with Crippen molar-refractivity contribution in [3.63, 3.8) is 0 Å². The Morgan fingerprint density at radius 1 is 1.22 bits per heavy atom. The summed E-state index contributed by atoms with van der Waals surface area (Å²) in [7, 11) is 0. The summed E-state index contributed by atoms with van der Waals surface area (Å²) in [6.07, 6.45) is -1.58. The third-order valence-electron chi connectivity index (χ3n) is 5.16. The van der Waals surface area contributed by atoms with E-state index in [-0.39, 0.29) is 35.3 Å². The molecule has 0 fully saturated rings. The second-order valence-corrected chi connectivity index (χ2v) is 7.56. The molecule has 0 spiro atoms. The van der Waals surface area contributed by atoms with Crippen LogP contribution < -0.4 is 16.0 Å². The van der Waals surface area contributed by atoms with Crippen LogP contribution >= 0.6 is 0 Å². The zero-order chi connectivity index (χ0) is 23.2. The van der Waals surface area contributed by atoms with E-state index >= 15 is 0 Å². The molecular formula is C21H19F3N6O2. The van der Waals surface area contributed by atoms with Gasteiger partial charge in [0.05, 0.1) is 29.1 Å². The van der Waals surface area contributed by atoms with Crippen molar-refractivity contribution < 1.29 is 22.8 Å². The summed E-state index contributed by atoms with van der Waals surface area (Å²) in [5.74, 6) is -1.01. The predicted octanol–water partition coefficient (Wildman–Crippen LogP) is 3.66. The van der Waals surface area contributed by atoms with Crippen molar-refractivity contribution in [2.45, 2.75) is 26.1 Å². The van der Waals surface area contributed by atoms with Crippen molar-refractivity contribution in [3.8, 4) is 0 Å². The molecule has 0 unspecified atom stereocenters. The average molecular weight is 444 g/mol. The molecule has 2 aromatic heterocycles. The molecule has 1 aromatic carbocycles. The summed E-state index contributed by atoms with van der Waals surface area (Å²) >= 11 is 0. The monoisotopic (exact) mass is 444 g/mol. The Bertz CT molecular complexity index is 1200. The number of aromatic nitrogens is 3. The number of nitrogen functional groups attached to an aromatic ring is 1. The van der Waals surface area contributed by atoms with Gasteiger partial charge in [-0.05, 0) is 49.7 Å². The highest BCUT2D eigenvalue weighted by molar-refractivity contribution is 6.14. The number of nitrogens with zero attached hydrogens (tertiary/aromatic N) is 4. The van der Waals surface area contributed by atoms with Gasteiger partial charge >= 0.3 is 6.18 Å². The highest BCUT2D eigenvalue weighted by Crippen LogP contribution is 2.33. The van der Waals surface area contributed by atoms with Crippen LogP contribution in [0.2, 0.25) is 0 Å². The number of aryl methyl sites for hydroxylation is 1. The number of hydrogen-bond acceptors (Lipinski definition) is 5. The van der Waals surface area contributed by atoms with Gasteiger partial charge in [0, 0.05) is 18.4 Å². The van der Waals surface area contributed by atoms with Crippen molar-refractivity contribution in [2.24, 2.45) is 0 Å². The van der Waals surface area contributed by atoms with Crippen LogP contribution in [0.15, 0.2) is 42.7 Å². The van der Waals surface area contributed by atoms with E-state index in [1.807, 2.05) is 6.92 Å². The molecule has 3 N–H and O–H groups in total. The fourth-order valence-electron chi connectivity index (χ4n) is 3.56. The summed E-state index contributed by atoms with van der Waals surface area (Å²) in [5.41, 5.74) is 6.49. The number of benzene rings is 1. The summed E-state index contributed by atoms with van der Waals surface area (Å²) in [4.78, 5) is 31.3. The first-order valence-corrected chi connectivity index (χ1v) is 9.66. The molecule has 166 valence electrons. The van der Waals surface area contributed by atoms with Gasteiger partial charge in [0.25, 0.3) is 11.8 Å². The van der Waals surface area contributed by atoms with Crippen molar-refractivity contribution in [1.29, 1.82) is 0 Å². The Kier molecular flexibility index (Phi) is 5.11. The molecule has 32 heavy (non-hydrogen) atoms. The first-order valence-electron chi connectivity index (χ1n) is 9.66. The third-order valence-corrected chi connectivity index (χ3v) is 5.16. The lowest BCUT2D eigenvalue weighted by Gasteiger charge is -2.32. The van der Waals surface area contributed by atoms with Gasteiger partial charge in [0.2, 0.25) is 0 Å². The molecule has 3 heterocycles. The highest BCUT2D eigenvalue weighted by Gasteiger charge is 2.35. The highest BCUT2D eigenvalue weighted by atomic mass is 19.4. The molecule has 0 bridgehead atoms. The first-order chi connectivity index (χ1) is 15.1. The van der Waals surface area contributed by atoms with Crippen LogP contribution in [0.3, 0.4) is 0 Å². The molecular weight excluding hydrogens is 425 g/mol. The molecule has 1 aliphatic heterocycles. The lowest BCUT2D eigenvalue weighted by atomic mass is 10.1. The lowest BCUT2D eigenvalue weighted by molar-refractivity contribution is -0.137. The lowest BCUT2D eigenvalue weighted by Crippen LogP contribution is -2.43. The van der Waals surface area contributed by atoms with E-state index in [1.54, 1.807) is 13.0 Å². The number of amides is 2. The molecule has 0 radical (unpaired) electrons. The van der Waals surface area contributed by atoms with E-state index in [4.69, 9.17) is 5.73 Å². The van der Waals surface area contributed by atoms with Crippen molar-refractivity contribution in [1.82, 2.24) is 14.8 Å². The van der Waals surface area contributed by atoms with E-state index in [1.165, 1.54) is 34.1 Å². The Morgan fingerprint density at radius 3 is 2.56 bits per heavy atom. The second-order valence-electron chi connectivity index (χ2n) is 7.56. The maximum atomic E-state index is 13.2. The number of nitrogens with two attached hydrogens (primary N) is 1. The standard InChI is InChI=1S/C21H19F3N6O2/c1-11-7-15(18(25)26-8-11)19(31)28-16-9-27-30-12(2)10-29(20(32)17(16)30)14-5-3-13(4-6-14)21(22,23)24/h3-9,12H,10H2,1-2H3,(H2,25,26)(H,28,31)/t12-/m0/s1. The minimum atomic E-state index is -4.47. The topological polar surface area (TPSA) is 106 Å². The number of anilines is 3. The summed E-state index contributed by atoms with van der Waals surface area (Å²) in [5, 5.41) is 6.86. The van der Waals surface area contributed by atoms with E-state index in [2.05, 4.69) is 15.4 Å². The Morgan fingerprint density at radius 2 is 1.91 bits per heavy atom. The maximum absolute atomic E-state index is 13.2. The molecule has 2 amide bonds. The van der Waals surface area contributed by atoms with Crippen molar-refractivity contribution >= 4 is 29.0 Å². The van der Waals surface area contributed by atoms with Crippen molar-refractivity contribution in [3.05, 3.63) is 65.1 Å². The van der Waals surface area contributed by atoms with Gasteiger partial charge in [-0.3, -0.25) is 14.3 Å². The van der Waals surface area contributed by atoms with E-state index in [9.17, 15) is 22.8 Å². The van der Waals surface area contributed by atoms with Crippen LogP contribution in [-0.2, 0) is 6.18 Å². The van der Waals surface area contributed by atoms with Gasteiger partial charge in [-0.25, -0.2) is 4.98 Å². The predicted molar refractivity (Wildman–Crippen MR) is 111 cm³/mol. The van der Waals surface area contributed by atoms with Gasteiger partial charge in [-0.15, -0.1) is 0 Å². The zero-order valence-corrected chi connectivity index (χ0v) is 17.1. The molecule has 0 aliphatic carbocycles. The normalized spacial score (nSPS) is 16.1. The van der Waals surface area contributed by atoms with Gasteiger partial charge < -0.3 is 16.0 Å². The van der Waals surface area contributed by atoms with Crippen LogP contribution in [-0.4, -0.2) is 33.1 Å². The number of alkyl halides is 3. The zero-order valence-electron chi connectivity index (χ0n) is 17.1. The SMILES string of the molecule is Cc1cnc(N)c(C(=O)Nc2cnn3c2C(=O)N(c2ccc(C(F)(F)F)cc2)C[C@@H]3C)c1. The Labute approximate surface area is 180 Å². The fraction of sp³-hybridized carbons (Fsp3) is 0.238. The molecule has 0 saturated carbocycles. The van der Waals surface area contributed by atoms with E-state index in [0.29, 0.717) is 5.69 Å². The van der Waals surface area contributed by atoms with Gasteiger partial charge in [0.15, 0.2) is 5.69 Å². The Balaban J connectivity index is 1.65. The number of nitrogens with one attached hydrogen (secondary N) is 1. The summed E-state index contributed by atoms with van der Waals surface area (Å²) < 4.78 is 40.1. The van der Waals surface area contributed by atoms with E-state index < -0.39 is 23.6 Å². The number of fused-ring (bicyclic) bond motifs is 1. The average Bonchev–Trinajstić information content (AvgIpc) is 3.16. The number of rotatable bonds is 3. The van der Waals surface area contributed by atoms with Crippen LogP contribution in [0, 0.1) is 6.92 Å². The van der Waals surface area contributed by atoms with Crippen LogP contribution in [0.25, 0.3) is 0 Å². The smallest absolute Gasteiger partial charge is 0.383 e. The number of carbonyl (C=O) groups excluding carboxylic acids is 2. The van der Waals surface area contributed by atoms with Gasteiger partial charge in [-0.1, -0.05) is 0 Å². The molecule has 1 atom stereocenters. The molecule has 3 aromatic rings. The van der Waals surface area contributed by atoms with Crippen LogP contribution in [0.1, 0.15) is 44.9 Å². The van der Waals surface area contributed by atoms with Gasteiger partial charge in [-0.2, -0.15) is 18.3 Å². The van der Waals surface area contributed by atoms with Crippen LogP contribution in [0.4, 0.5) is 30.4 Å². The van der Waals surface area contributed by atoms with E-state index in [0.717, 1.165) is 17.7 Å². The quantitative estimate of drug-likeness (QED) is 0.641. The first kappa shape index (κ1) is 21.3. The minimum absolute atomic E-state index is 0.0419.